The number of amides is 1. The molecule has 2 aromatic carbocycles. The van der Waals surface area contributed by atoms with Crippen LogP contribution in [0.4, 0.5) is 0 Å². The van der Waals surface area contributed by atoms with Crippen molar-refractivity contribution in [3.63, 3.8) is 0 Å². The lowest BCUT2D eigenvalue weighted by atomic mass is 10.0. The molecule has 4 heteroatoms. The standard InChI is InChI=1S/C23H26N2O2/c26-23(9-7-19-4-2-1-3-5-19)25-14-12-24(13-15-25)11-10-20-6-8-21-17-27-18-22(21)16-20/h1-9,16H,10-15,17-18H2/b9-7+. The molecule has 1 amide bonds. The Labute approximate surface area is 161 Å². The molecule has 0 aromatic heterocycles. The molecule has 0 aliphatic carbocycles. The number of hydrogen-bond acceptors (Lipinski definition) is 3. The van der Waals surface area contributed by atoms with Crippen molar-refractivity contribution in [2.75, 3.05) is 32.7 Å². The third-order valence-electron chi connectivity index (χ3n) is 5.40. The van der Waals surface area contributed by atoms with E-state index in [9.17, 15) is 4.79 Å². The first kappa shape index (κ1) is 18.0. The molecule has 0 unspecified atom stereocenters. The van der Waals surface area contributed by atoms with Crippen molar-refractivity contribution in [2.24, 2.45) is 0 Å². The molecule has 1 saturated heterocycles. The monoisotopic (exact) mass is 362 g/mol. The highest BCUT2D eigenvalue weighted by Gasteiger charge is 2.19. The summed E-state index contributed by atoms with van der Waals surface area (Å²) in [6, 6.07) is 16.7. The van der Waals surface area contributed by atoms with Crippen LogP contribution in [0.3, 0.4) is 0 Å². The number of piperazine rings is 1. The van der Waals surface area contributed by atoms with Gasteiger partial charge in [-0.05, 0) is 34.8 Å². The molecular weight excluding hydrogens is 336 g/mol. The van der Waals surface area contributed by atoms with Crippen LogP contribution in [-0.4, -0.2) is 48.4 Å². The van der Waals surface area contributed by atoms with Crippen LogP contribution in [0.1, 0.15) is 22.3 Å². The van der Waals surface area contributed by atoms with Crippen molar-refractivity contribution in [1.29, 1.82) is 0 Å². The van der Waals surface area contributed by atoms with Gasteiger partial charge in [0.15, 0.2) is 0 Å². The Morgan fingerprint density at radius 2 is 1.74 bits per heavy atom. The van der Waals surface area contributed by atoms with Crippen molar-refractivity contribution in [3.8, 4) is 0 Å². The SMILES string of the molecule is O=C(/C=C/c1ccccc1)N1CCN(CCc2ccc3c(c2)COC3)CC1. The Kier molecular flexibility index (Phi) is 5.66. The zero-order chi connectivity index (χ0) is 18.5. The first-order valence-electron chi connectivity index (χ1n) is 9.71. The fourth-order valence-corrected chi connectivity index (χ4v) is 3.70. The summed E-state index contributed by atoms with van der Waals surface area (Å²) in [5, 5.41) is 0. The van der Waals surface area contributed by atoms with Gasteiger partial charge in [-0.15, -0.1) is 0 Å². The molecule has 2 aromatic rings. The summed E-state index contributed by atoms with van der Waals surface area (Å²) in [6.45, 7) is 6.04. The minimum absolute atomic E-state index is 0.108. The van der Waals surface area contributed by atoms with E-state index in [-0.39, 0.29) is 5.91 Å². The van der Waals surface area contributed by atoms with E-state index in [4.69, 9.17) is 4.74 Å². The number of carbonyl (C=O) groups excluding carboxylic acids is 1. The summed E-state index contributed by atoms with van der Waals surface area (Å²) in [6.07, 6.45) is 4.64. The van der Waals surface area contributed by atoms with E-state index in [1.807, 2.05) is 41.3 Å². The molecule has 0 N–H and O–H groups in total. The van der Waals surface area contributed by atoms with Crippen LogP contribution in [0, 0.1) is 0 Å². The van der Waals surface area contributed by atoms with E-state index >= 15 is 0 Å². The van der Waals surface area contributed by atoms with Gasteiger partial charge in [-0.2, -0.15) is 0 Å². The molecule has 27 heavy (non-hydrogen) atoms. The van der Waals surface area contributed by atoms with Gasteiger partial charge < -0.3 is 9.64 Å². The number of hydrogen-bond donors (Lipinski definition) is 0. The lowest BCUT2D eigenvalue weighted by molar-refractivity contribution is -0.127. The first-order valence-corrected chi connectivity index (χ1v) is 9.71. The lowest BCUT2D eigenvalue weighted by Crippen LogP contribution is -2.48. The van der Waals surface area contributed by atoms with Gasteiger partial charge in [0.25, 0.3) is 0 Å². The number of ether oxygens (including phenoxy) is 1. The lowest BCUT2D eigenvalue weighted by Gasteiger charge is -2.34. The third-order valence-corrected chi connectivity index (χ3v) is 5.40. The van der Waals surface area contributed by atoms with Gasteiger partial charge in [0.2, 0.25) is 5.91 Å². The Hall–Kier alpha value is -2.43. The van der Waals surface area contributed by atoms with Gasteiger partial charge in [0.1, 0.15) is 0 Å². The molecule has 0 spiro atoms. The average Bonchev–Trinajstić information content (AvgIpc) is 3.19. The van der Waals surface area contributed by atoms with Gasteiger partial charge >= 0.3 is 0 Å². The quantitative estimate of drug-likeness (QED) is 0.766. The number of carbonyl (C=O) groups is 1. The van der Waals surface area contributed by atoms with E-state index in [2.05, 4.69) is 23.1 Å². The van der Waals surface area contributed by atoms with Crippen LogP contribution in [0.15, 0.2) is 54.6 Å². The van der Waals surface area contributed by atoms with E-state index in [1.165, 1.54) is 16.7 Å². The Bertz CT molecular complexity index is 808. The summed E-state index contributed by atoms with van der Waals surface area (Å²) >= 11 is 0. The van der Waals surface area contributed by atoms with Crippen molar-refractivity contribution in [1.82, 2.24) is 9.80 Å². The number of rotatable bonds is 5. The van der Waals surface area contributed by atoms with Gasteiger partial charge in [0.05, 0.1) is 13.2 Å². The van der Waals surface area contributed by atoms with E-state index in [1.54, 1.807) is 6.08 Å². The zero-order valence-corrected chi connectivity index (χ0v) is 15.6. The fourth-order valence-electron chi connectivity index (χ4n) is 3.70. The number of nitrogens with zero attached hydrogens (tertiary/aromatic N) is 2. The van der Waals surface area contributed by atoms with E-state index in [0.717, 1.165) is 57.9 Å². The molecule has 2 aliphatic heterocycles. The topological polar surface area (TPSA) is 32.8 Å². The first-order chi connectivity index (χ1) is 13.3. The van der Waals surface area contributed by atoms with Crippen molar-refractivity contribution in [3.05, 3.63) is 76.9 Å². The fraction of sp³-hybridized carbons (Fsp3) is 0.348. The molecule has 4 nitrogen and oxygen atoms in total. The normalized spacial score (nSPS) is 17.4. The van der Waals surface area contributed by atoms with Crippen LogP contribution in [0.25, 0.3) is 6.08 Å². The summed E-state index contributed by atoms with van der Waals surface area (Å²) in [5.74, 6) is 0.108. The van der Waals surface area contributed by atoms with Gasteiger partial charge in [-0.25, -0.2) is 0 Å². The third kappa shape index (κ3) is 4.65. The molecular formula is C23H26N2O2. The molecule has 0 saturated carbocycles. The highest BCUT2D eigenvalue weighted by Crippen LogP contribution is 2.21. The summed E-state index contributed by atoms with van der Waals surface area (Å²) < 4.78 is 5.49. The Morgan fingerprint density at radius 3 is 2.56 bits per heavy atom. The highest BCUT2D eigenvalue weighted by atomic mass is 16.5. The predicted molar refractivity (Wildman–Crippen MR) is 107 cm³/mol. The second-order valence-electron chi connectivity index (χ2n) is 7.26. The van der Waals surface area contributed by atoms with Crippen LogP contribution in [0.5, 0.6) is 0 Å². The van der Waals surface area contributed by atoms with Crippen molar-refractivity contribution in [2.45, 2.75) is 19.6 Å². The maximum atomic E-state index is 12.4. The summed E-state index contributed by atoms with van der Waals surface area (Å²) in [7, 11) is 0. The van der Waals surface area contributed by atoms with Crippen molar-refractivity contribution < 1.29 is 9.53 Å². The molecule has 140 valence electrons. The molecule has 0 radical (unpaired) electrons. The largest absolute Gasteiger partial charge is 0.372 e. The van der Waals surface area contributed by atoms with Gasteiger partial charge in [-0.3, -0.25) is 9.69 Å². The van der Waals surface area contributed by atoms with Crippen LogP contribution >= 0.6 is 0 Å². The highest BCUT2D eigenvalue weighted by molar-refractivity contribution is 5.91. The zero-order valence-electron chi connectivity index (χ0n) is 15.6. The number of fused-ring (bicyclic) bond motifs is 1. The molecule has 1 fully saturated rings. The summed E-state index contributed by atoms with van der Waals surface area (Å²) in [4.78, 5) is 16.8. The van der Waals surface area contributed by atoms with Gasteiger partial charge in [-0.1, -0.05) is 48.5 Å². The molecule has 2 heterocycles. The Morgan fingerprint density at radius 1 is 0.963 bits per heavy atom. The average molecular weight is 362 g/mol. The number of benzene rings is 2. The Balaban J connectivity index is 1.23. The summed E-state index contributed by atoms with van der Waals surface area (Å²) in [5.41, 5.74) is 5.11. The molecule has 4 rings (SSSR count). The van der Waals surface area contributed by atoms with Crippen LogP contribution < -0.4 is 0 Å². The second kappa shape index (κ2) is 8.51. The maximum absolute atomic E-state index is 12.4. The molecule has 2 aliphatic rings. The van der Waals surface area contributed by atoms with Gasteiger partial charge in [0, 0.05) is 38.8 Å². The smallest absolute Gasteiger partial charge is 0.246 e. The molecule has 0 bridgehead atoms. The molecule has 0 atom stereocenters. The van der Waals surface area contributed by atoms with Crippen LogP contribution in [-0.2, 0) is 29.2 Å². The van der Waals surface area contributed by atoms with Crippen LogP contribution in [0.2, 0.25) is 0 Å². The minimum atomic E-state index is 0.108. The maximum Gasteiger partial charge on any atom is 0.246 e. The predicted octanol–water partition coefficient (Wildman–Crippen LogP) is 3.12. The van der Waals surface area contributed by atoms with Crippen molar-refractivity contribution >= 4 is 12.0 Å². The second-order valence-corrected chi connectivity index (χ2v) is 7.26. The van der Waals surface area contributed by atoms with E-state index < -0.39 is 0 Å². The minimum Gasteiger partial charge on any atom is -0.372 e. The van der Waals surface area contributed by atoms with E-state index in [0.29, 0.717) is 0 Å².